The van der Waals surface area contributed by atoms with Gasteiger partial charge >= 0.3 is 5.97 Å². The minimum atomic E-state index is -0.803. The van der Waals surface area contributed by atoms with E-state index in [1.54, 1.807) is 0 Å². The number of non-ortho nitro benzene ring substituents is 1. The Bertz CT molecular complexity index is 449. The van der Waals surface area contributed by atoms with Crippen molar-refractivity contribution in [2.45, 2.75) is 12.8 Å². The van der Waals surface area contributed by atoms with E-state index in [0.717, 1.165) is 12.1 Å². The van der Waals surface area contributed by atoms with Gasteiger partial charge in [0.25, 0.3) is 5.69 Å². The number of nitro groups is 1. The van der Waals surface area contributed by atoms with Crippen LogP contribution in [0.2, 0.25) is 0 Å². The highest BCUT2D eigenvalue weighted by Crippen LogP contribution is 2.22. The van der Waals surface area contributed by atoms with Crippen molar-refractivity contribution in [1.82, 2.24) is 0 Å². The molecule has 0 aliphatic carbocycles. The van der Waals surface area contributed by atoms with Crippen molar-refractivity contribution in [3.05, 3.63) is 34.1 Å². The van der Waals surface area contributed by atoms with E-state index < -0.39 is 10.7 Å². The maximum atomic E-state index is 13.3. The maximum absolute atomic E-state index is 13.3. The molecule has 7 heteroatoms. The number of hydrogen-bond acceptors (Lipinski definition) is 5. The summed E-state index contributed by atoms with van der Waals surface area (Å²) in [4.78, 5) is 20.5. The van der Waals surface area contributed by atoms with Gasteiger partial charge in [0, 0.05) is 12.5 Å². The van der Waals surface area contributed by atoms with Crippen molar-refractivity contribution >= 4 is 11.7 Å². The fraction of sp³-hybridized carbons (Fsp3) is 0.364. The normalized spacial score (nSPS) is 9.89. The summed E-state index contributed by atoms with van der Waals surface area (Å²) in [5.41, 5.74) is -0.339. The Morgan fingerprint density at radius 3 is 2.78 bits per heavy atom. The number of nitro benzene ring substituents is 1. The van der Waals surface area contributed by atoms with Crippen LogP contribution in [-0.4, -0.2) is 24.6 Å². The third kappa shape index (κ3) is 4.00. The lowest BCUT2D eigenvalue weighted by atomic mass is 10.3. The topological polar surface area (TPSA) is 78.7 Å². The average Bonchev–Trinajstić information content (AvgIpc) is 2.35. The molecule has 0 heterocycles. The summed E-state index contributed by atoms with van der Waals surface area (Å²) in [7, 11) is 1.28. The molecule has 0 aliphatic heterocycles. The lowest BCUT2D eigenvalue weighted by Crippen LogP contribution is -2.05. The first-order valence-corrected chi connectivity index (χ1v) is 5.18. The number of rotatable bonds is 6. The molecule has 0 aliphatic rings. The molecule has 0 amide bonds. The second-order valence-electron chi connectivity index (χ2n) is 3.40. The van der Waals surface area contributed by atoms with Gasteiger partial charge in [-0.3, -0.25) is 14.9 Å². The summed E-state index contributed by atoms with van der Waals surface area (Å²) in [5.74, 6) is -1.25. The first-order valence-electron chi connectivity index (χ1n) is 5.18. The molecule has 0 radical (unpaired) electrons. The van der Waals surface area contributed by atoms with Gasteiger partial charge in [-0.05, 0) is 12.5 Å². The predicted molar refractivity (Wildman–Crippen MR) is 59.8 cm³/mol. The van der Waals surface area contributed by atoms with E-state index in [4.69, 9.17) is 4.74 Å². The van der Waals surface area contributed by atoms with Crippen LogP contribution in [0.4, 0.5) is 10.1 Å². The van der Waals surface area contributed by atoms with E-state index in [0.29, 0.717) is 6.42 Å². The number of carbonyl (C=O) groups is 1. The van der Waals surface area contributed by atoms with Gasteiger partial charge in [0.05, 0.1) is 24.7 Å². The lowest BCUT2D eigenvalue weighted by Gasteiger charge is -2.06. The third-order valence-electron chi connectivity index (χ3n) is 2.14. The molecule has 0 saturated carbocycles. The molecular formula is C11H12FNO5. The SMILES string of the molecule is COC(=O)CCCOc1ccc([N+](=O)[O-])cc1F. The van der Waals surface area contributed by atoms with Crippen molar-refractivity contribution in [1.29, 1.82) is 0 Å². The minimum Gasteiger partial charge on any atom is -0.490 e. The maximum Gasteiger partial charge on any atom is 0.305 e. The molecule has 1 rings (SSSR count). The Balaban J connectivity index is 2.48. The van der Waals surface area contributed by atoms with Gasteiger partial charge < -0.3 is 9.47 Å². The number of methoxy groups -OCH3 is 1. The van der Waals surface area contributed by atoms with E-state index in [1.807, 2.05) is 0 Å². The molecular weight excluding hydrogens is 245 g/mol. The number of nitrogens with zero attached hydrogens (tertiary/aromatic N) is 1. The molecule has 18 heavy (non-hydrogen) atoms. The third-order valence-corrected chi connectivity index (χ3v) is 2.14. The van der Waals surface area contributed by atoms with Crippen LogP contribution in [-0.2, 0) is 9.53 Å². The summed E-state index contributed by atoms with van der Waals surface area (Å²) in [6.07, 6.45) is 0.550. The summed E-state index contributed by atoms with van der Waals surface area (Å²) < 4.78 is 22.8. The molecule has 0 atom stereocenters. The van der Waals surface area contributed by atoms with Crippen LogP contribution < -0.4 is 4.74 Å². The van der Waals surface area contributed by atoms with Crippen molar-refractivity contribution in [3.8, 4) is 5.75 Å². The van der Waals surface area contributed by atoms with Crippen LogP contribution in [0.5, 0.6) is 5.75 Å². The predicted octanol–water partition coefficient (Wildman–Crippen LogP) is 2.07. The molecule has 0 N–H and O–H groups in total. The molecule has 0 saturated heterocycles. The largest absolute Gasteiger partial charge is 0.490 e. The van der Waals surface area contributed by atoms with Crippen LogP contribution in [0.15, 0.2) is 18.2 Å². The summed E-state index contributed by atoms with van der Waals surface area (Å²) >= 11 is 0. The van der Waals surface area contributed by atoms with Gasteiger partial charge in [-0.25, -0.2) is 4.39 Å². The van der Waals surface area contributed by atoms with Crippen molar-refractivity contribution in [3.63, 3.8) is 0 Å². The molecule has 1 aromatic carbocycles. The molecule has 0 aromatic heterocycles. The number of ether oxygens (including phenoxy) is 2. The Hall–Kier alpha value is -2.18. The van der Waals surface area contributed by atoms with E-state index >= 15 is 0 Å². The number of halogens is 1. The highest BCUT2D eigenvalue weighted by atomic mass is 19.1. The van der Waals surface area contributed by atoms with Crippen LogP contribution in [0.3, 0.4) is 0 Å². The van der Waals surface area contributed by atoms with Gasteiger partial charge in [0.2, 0.25) is 0 Å². The standard InChI is InChI=1S/C11H12FNO5/c1-17-11(14)3-2-6-18-10-5-4-8(13(15)16)7-9(10)12/h4-5,7H,2-3,6H2,1H3. The van der Waals surface area contributed by atoms with E-state index in [9.17, 15) is 19.3 Å². The van der Waals surface area contributed by atoms with E-state index in [1.165, 1.54) is 13.2 Å². The number of carbonyl (C=O) groups excluding carboxylic acids is 1. The first-order chi connectivity index (χ1) is 8.54. The van der Waals surface area contributed by atoms with Crippen LogP contribution in [0.25, 0.3) is 0 Å². The minimum absolute atomic E-state index is 0.0783. The summed E-state index contributed by atoms with van der Waals surface area (Å²) in [6.45, 7) is 0.129. The van der Waals surface area contributed by atoms with Crippen molar-refractivity contribution < 1.29 is 23.6 Å². The fourth-order valence-electron chi connectivity index (χ4n) is 1.22. The van der Waals surface area contributed by atoms with Crippen molar-refractivity contribution in [2.24, 2.45) is 0 Å². The quantitative estimate of drug-likeness (QED) is 0.337. The highest BCUT2D eigenvalue weighted by molar-refractivity contribution is 5.69. The van der Waals surface area contributed by atoms with Gasteiger partial charge in [-0.1, -0.05) is 0 Å². The van der Waals surface area contributed by atoms with Crippen LogP contribution in [0.1, 0.15) is 12.8 Å². The zero-order valence-corrected chi connectivity index (χ0v) is 9.72. The molecule has 0 bridgehead atoms. The number of hydrogen-bond donors (Lipinski definition) is 0. The fourth-order valence-corrected chi connectivity index (χ4v) is 1.22. The highest BCUT2D eigenvalue weighted by Gasteiger charge is 2.11. The van der Waals surface area contributed by atoms with Gasteiger partial charge in [-0.2, -0.15) is 0 Å². The smallest absolute Gasteiger partial charge is 0.305 e. The Kier molecular flexibility index (Phi) is 5.04. The molecule has 0 spiro atoms. The molecule has 1 aromatic rings. The molecule has 0 unspecified atom stereocenters. The van der Waals surface area contributed by atoms with Gasteiger partial charge in [0.1, 0.15) is 0 Å². The second kappa shape index (κ2) is 6.53. The molecule has 6 nitrogen and oxygen atoms in total. The van der Waals surface area contributed by atoms with E-state index in [2.05, 4.69) is 4.74 Å². The molecule has 0 fully saturated rings. The first kappa shape index (κ1) is 13.9. The summed E-state index contributed by atoms with van der Waals surface area (Å²) in [5, 5.41) is 10.4. The second-order valence-corrected chi connectivity index (χ2v) is 3.40. The Labute approximate surface area is 102 Å². The molecule has 98 valence electrons. The van der Waals surface area contributed by atoms with Crippen LogP contribution >= 0.6 is 0 Å². The Morgan fingerprint density at radius 2 is 2.22 bits per heavy atom. The van der Waals surface area contributed by atoms with Gasteiger partial charge in [0.15, 0.2) is 11.6 Å². The zero-order valence-electron chi connectivity index (χ0n) is 9.72. The summed E-state index contributed by atoms with van der Waals surface area (Å²) in [6, 6.07) is 3.12. The zero-order chi connectivity index (χ0) is 13.5. The average molecular weight is 257 g/mol. The van der Waals surface area contributed by atoms with Crippen molar-refractivity contribution in [2.75, 3.05) is 13.7 Å². The number of benzene rings is 1. The lowest BCUT2D eigenvalue weighted by molar-refractivity contribution is -0.385. The van der Waals surface area contributed by atoms with E-state index in [-0.39, 0.29) is 30.4 Å². The Morgan fingerprint density at radius 1 is 1.50 bits per heavy atom. The number of esters is 1. The van der Waals surface area contributed by atoms with Gasteiger partial charge in [-0.15, -0.1) is 0 Å². The monoisotopic (exact) mass is 257 g/mol. The van der Waals surface area contributed by atoms with Crippen LogP contribution in [0, 0.1) is 15.9 Å².